The summed E-state index contributed by atoms with van der Waals surface area (Å²) in [6.45, 7) is 5.30. The van der Waals surface area contributed by atoms with Crippen molar-refractivity contribution < 1.29 is 9.47 Å². The second-order valence-electron chi connectivity index (χ2n) is 6.15. The van der Waals surface area contributed by atoms with Crippen molar-refractivity contribution in [2.24, 2.45) is 0 Å². The van der Waals surface area contributed by atoms with Crippen LogP contribution in [0.25, 0.3) is 0 Å². The topological polar surface area (TPSA) is 30.5 Å². The second-order valence-corrected chi connectivity index (χ2v) is 6.15. The second kappa shape index (κ2) is 8.14. The molecule has 23 heavy (non-hydrogen) atoms. The molecule has 0 aliphatic carbocycles. The van der Waals surface area contributed by atoms with Crippen LogP contribution >= 0.6 is 0 Å². The fourth-order valence-corrected chi connectivity index (χ4v) is 2.91. The predicted octanol–water partition coefficient (Wildman–Crippen LogP) is 3.84. The number of ether oxygens (including phenoxy) is 2. The molecule has 3 nitrogen and oxygen atoms in total. The normalized spacial score (nSPS) is 17.3. The lowest BCUT2D eigenvalue weighted by Crippen LogP contribution is -2.18. The van der Waals surface area contributed by atoms with E-state index in [0.29, 0.717) is 6.61 Å². The van der Waals surface area contributed by atoms with Crippen LogP contribution < -0.4 is 10.1 Å². The van der Waals surface area contributed by atoms with Crippen LogP contribution in [-0.4, -0.2) is 19.3 Å². The molecule has 3 rings (SSSR count). The summed E-state index contributed by atoms with van der Waals surface area (Å²) in [5.41, 5.74) is 3.80. The van der Waals surface area contributed by atoms with Gasteiger partial charge in [0.25, 0.3) is 0 Å². The summed E-state index contributed by atoms with van der Waals surface area (Å²) < 4.78 is 11.6. The summed E-state index contributed by atoms with van der Waals surface area (Å²) in [5.74, 6) is 0.958. The van der Waals surface area contributed by atoms with Crippen LogP contribution in [-0.2, 0) is 17.8 Å². The van der Waals surface area contributed by atoms with Crippen molar-refractivity contribution in [1.82, 2.24) is 5.32 Å². The van der Waals surface area contributed by atoms with E-state index < -0.39 is 0 Å². The van der Waals surface area contributed by atoms with Crippen molar-refractivity contribution in [3.63, 3.8) is 0 Å². The van der Waals surface area contributed by atoms with E-state index in [9.17, 15) is 0 Å². The third-order valence-corrected chi connectivity index (χ3v) is 4.15. The van der Waals surface area contributed by atoms with Gasteiger partial charge < -0.3 is 14.8 Å². The molecule has 1 aliphatic rings. The standard InChI is InChI=1S/C20H25NO2/c1-16-6-4-7-17(12-16)13-21-14-18-8-2-3-10-20(18)23-15-19-9-5-11-22-19/h2-4,6-8,10,12,19,21H,5,9,11,13-15H2,1H3. The lowest BCUT2D eigenvalue weighted by Gasteiger charge is -2.15. The van der Waals surface area contributed by atoms with Crippen molar-refractivity contribution in [3.05, 3.63) is 65.2 Å². The molecule has 1 saturated heterocycles. The summed E-state index contributed by atoms with van der Waals surface area (Å²) in [5, 5.41) is 3.50. The van der Waals surface area contributed by atoms with Crippen LogP contribution in [0.1, 0.15) is 29.5 Å². The largest absolute Gasteiger partial charge is 0.491 e. The van der Waals surface area contributed by atoms with Gasteiger partial charge in [-0.15, -0.1) is 0 Å². The van der Waals surface area contributed by atoms with Gasteiger partial charge in [0.1, 0.15) is 12.4 Å². The first kappa shape index (κ1) is 16.0. The van der Waals surface area contributed by atoms with Gasteiger partial charge in [-0.25, -0.2) is 0 Å². The maximum absolute atomic E-state index is 5.98. The van der Waals surface area contributed by atoms with Gasteiger partial charge in [0, 0.05) is 25.3 Å². The van der Waals surface area contributed by atoms with Gasteiger partial charge in [-0.05, 0) is 31.4 Å². The van der Waals surface area contributed by atoms with Crippen molar-refractivity contribution in [2.45, 2.75) is 39.0 Å². The SMILES string of the molecule is Cc1cccc(CNCc2ccccc2OCC2CCCO2)c1. The Morgan fingerprint density at radius 3 is 2.87 bits per heavy atom. The molecule has 1 fully saturated rings. The number of para-hydroxylation sites is 1. The number of nitrogens with one attached hydrogen (secondary N) is 1. The fourth-order valence-electron chi connectivity index (χ4n) is 2.91. The Balaban J connectivity index is 1.52. The minimum atomic E-state index is 0.253. The summed E-state index contributed by atoms with van der Waals surface area (Å²) in [6.07, 6.45) is 2.50. The molecule has 1 atom stereocenters. The highest BCUT2D eigenvalue weighted by Crippen LogP contribution is 2.20. The predicted molar refractivity (Wildman–Crippen MR) is 92.6 cm³/mol. The van der Waals surface area contributed by atoms with Crippen molar-refractivity contribution in [1.29, 1.82) is 0 Å². The van der Waals surface area contributed by atoms with Gasteiger partial charge in [-0.3, -0.25) is 0 Å². The Morgan fingerprint density at radius 2 is 2.04 bits per heavy atom. The molecule has 0 radical (unpaired) electrons. The molecule has 1 unspecified atom stereocenters. The van der Waals surface area contributed by atoms with Crippen LogP contribution in [0, 0.1) is 6.92 Å². The molecule has 0 bridgehead atoms. The van der Waals surface area contributed by atoms with Crippen LogP contribution in [0.5, 0.6) is 5.75 Å². The van der Waals surface area contributed by atoms with Gasteiger partial charge >= 0.3 is 0 Å². The van der Waals surface area contributed by atoms with E-state index in [-0.39, 0.29) is 6.10 Å². The zero-order valence-corrected chi connectivity index (χ0v) is 13.8. The molecule has 0 saturated carbocycles. The highest BCUT2D eigenvalue weighted by molar-refractivity contribution is 5.33. The zero-order chi connectivity index (χ0) is 15.9. The Kier molecular flexibility index (Phi) is 5.67. The Bertz CT molecular complexity index is 621. The summed E-state index contributed by atoms with van der Waals surface area (Å²) >= 11 is 0. The first-order chi connectivity index (χ1) is 11.3. The minimum Gasteiger partial charge on any atom is -0.491 e. The fraction of sp³-hybridized carbons (Fsp3) is 0.400. The third-order valence-electron chi connectivity index (χ3n) is 4.15. The molecule has 1 heterocycles. The van der Waals surface area contributed by atoms with Crippen molar-refractivity contribution in [2.75, 3.05) is 13.2 Å². The molecule has 0 spiro atoms. The highest BCUT2D eigenvalue weighted by Gasteiger charge is 2.16. The number of rotatable bonds is 7. The first-order valence-electron chi connectivity index (χ1n) is 8.40. The molecule has 1 N–H and O–H groups in total. The first-order valence-corrected chi connectivity index (χ1v) is 8.40. The van der Waals surface area contributed by atoms with Crippen molar-refractivity contribution in [3.8, 4) is 5.75 Å². The molecular formula is C20H25NO2. The van der Waals surface area contributed by atoms with Crippen LogP contribution in [0.15, 0.2) is 48.5 Å². The van der Waals surface area contributed by atoms with E-state index in [4.69, 9.17) is 9.47 Å². The monoisotopic (exact) mass is 311 g/mol. The molecule has 0 aromatic heterocycles. The van der Waals surface area contributed by atoms with Crippen molar-refractivity contribution >= 4 is 0 Å². The maximum Gasteiger partial charge on any atom is 0.123 e. The minimum absolute atomic E-state index is 0.253. The lowest BCUT2D eigenvalue weighted by molar-refractivity contribution is 0.0676. The molecule has 2 aromatic rings. The Hall–Kier alpha value is -1.84. The molecule has 3 heteroatoms. The summed E-state index contributed by atoms with van der Waals surface area (Å²) in [6, 6.07) is 16.8. The van der Waals surface area contributed by atoms with Gasteiger partial charge in [0.15, 0.2) is 0 Å². The Labute approximate surface area is 138 Å². The van der Waals surface area contributed by atoms with Gasteiger partial charge in [0.05, 0.1) is 6.10 Å². The molecular weight excluding hydrogens is 286 g/mol. The van der Waals surface area contributed by atoms with E-state index in [0.717, 1.165) is 38.3 Å². The van der Waals surface area contributed by atoms with Gasteiger partial charge in [-0.2, -0.15) is 0 Å². The number of benzene rings is 2. The summed E-state index contributed by atoms with van der Waals surface area (Å²) in [7, 11) is 0. The maximum atomic E-state index is 5.98. The molecule has 122 valence electrons. The summed E-state index contributed by atoms with van der Waals surface area (Å²) in [4.78, 5) is 0. The lowest BCUT2D eigenvalue weighted by atomic mass is 10.1. The number of aryl methyl sites for hydroxylation is 1. The van der Waals surface area contributed by atoms with Crippen LogP contribution in [0.3, 0.4) is 0 Å². The van der Waals surface area contributed by atoms with E-state index in [1.807, 2.05) is 12.1 Å². The van der Waals surface area contributed by atoms with E-state index in [1.165, 1.54) is 16.7 Å². The highest BCUT2D eigenvalue weighted by atomic mass is 16.5. The molecule has 1 aliphatic heterocycles. The molecule has 0 amide bonds. The third kappa shape index (κ3) is 4.81. The van der Waals surface area contributed by atoms with Gasteiger partial charge in [-0.1, -0.05) is 48.0 Å². The quantitative estimate of drug-likeness (QED) is 0.842. The van der Waals surface area contributed by atoms with E-state index in [2.05, 4.69) is 48.6 Å². The average Bonchev–Trinajstić information content (AvgIpc) is 3.07. The zero-order valence-electron chi connectivity index (χ0n) is 13.8. The van der Waals surface area contributed by atoms with Gasteiger partial charge in [0.2, 0.25) is 0 Å². The van der Waals surface area contributed by atoms with Crippen LogP contribution in [0.4, 0.5) is 0 Å². The van der Waals surface area contributed by atoms with E-state index in [1.54, 1.807) is 0 Å². The smallest absolute Gasteiger partial charge is 0.123 e. The van der Waals surface area contributed by atoms with E-state index >= 15 is 0 Å². The number of hydrogen-bond acceptors (Lipinski definition) is 3. The molecule has 2 aromatic carbocycles. The Morgan fingerprint density at radius 1 is 1.13 bits per heavy atom. The van der Waals surface area contributed by atoms with Crippen LogP contribution in [0.2, 0.25) is 0 Å². The average molecular weight is 311 g/mol. The number of hydrogen-bond donors (Lipinski definition) is 1.